The topological polar surface area (TPSA) is 118 Å². The molecule has 0 aliphatic heterocycles. The number of non-ortho nitro benzene ring substituents is 1. The molecule has 0 aliphatic carbocycles. The highest BCUT2D eigenvalue weighted by Gasteiger charge is 2.26. The zero-order valence-electron chi connectivity index (χ0n) is 10.3. The van der Waals surface area contributed by atoms with Crippen molar-refractivity contribution in [3.8, 4) is 0 Å². The summed E-state index contributed by atoms with van der Waals surface area (Å²) in [5.74, 6) is -1.33. The van der Waals surface area contributed by atoms with Gasteiger partial charge >= 0.3 is 5.97 Å². The summed E-state index contributed by atoms with van der Waals surface area (Å²) in [7, 11) is -4.14. The first-order chi connectivity index (χ1) is 9.28. The van der Waals surface area contributed by atoms with Gasteiger partial charge in [-0.05, 0) is 6.07 Å². The van der Waals surface area contributed by atoms with Gasteiger partial charge in [0.15, 0.2) is 0 Å². The van der Waals surface area contributed by atoms with Crippen LogP contribution in [0.4, 0.5) is 5.69 Å². The molecule has 0 heterocycles. The Morgan fingerprint density at radius 2 is 2.15 bits per heavy atom. The van der Waals surface area contributed by atoms with Crippen LogP contribution in [0.3, 0.4) is 0 Å². The summed E-state index contributed by atoms with van der Waals surface area (Å²) in [6.45, 7) is 2.39. The van der Waals surface area contributed by atoms with Crippen LogP contribution in [0.1, 0.15) is 0 Å². The Kier molecular flexibility index (Phi) is 4.94. The zero-order valence-corrected chi connectivity index (χ0v) is 11.1. The van der Waals surface area contributed by atoms with Crippen LogP contribution >= 0.6 is 0 Å². The fourth-order valence-electron chi connectivity index (χ4n) is 1.45. The summed E-state index contributed by atoms with van der Waals surface area (Å²) in [4.78, 5) is 20.3. The Labute approximate surface area is 115 Å². The second kappa shape index (κ2) is 6.26. The molecule has 8 nitrogen and oxygen atoms in total. The number of rotatable bonds is 7. The van der Waals surface area contributed by atoms with Crippen molar-refractivity contribution >= 4 is 21.7 Å². The second-order valence-corrected chi connectivity index (χ2v) is 5.67. The van der Waals surface area contributed by atoms with Gasteiger partial charge in [-0.2, -0.15) is 4.31 Å². The molecule has 0 aromatic heterocycles. The van der Waals surface area contributed by atoms with Crippen molar-refractivity contribution in [1.82, 2.24) is 4.31 Å². The number of carboxylic acids is 1. The van der Waals surface area contributed by atoms with E-state index in [0.717, 1.165) is 12.1 Å². The highest BCUT2D eigenvalue weighted by atomic mass is 32.2. The van der Waals surface area contributed by atoms with Crippen molar-refractivity contribution in [3.63, 3.8) is 0 Å². The minimum absolute atomic E-state index is 0.211. The maximum absolute atomic E-state index is 12.2. The minimum Gasteiger partial charge on any atom is -0.480 e. The molecule has 20 heavy (non-hydrogen) atoms. The van der Waals surface area contributed by atoms with Gasteiger partial charge in [0.2, 0.25) is 10.0 Å². The molecule has 9 heteroatoms. The summed E-state index contributed by atoms with van der Waals surface area (Å²) in [6.07, 6.45) is 1.23. The Hall–Kier alpha value is -2.26. The molecule has 0 aliphatic rings. The summed E-state index contributed by atoms with van der Waals surface area (Å²) in [5, 5.41) is 19.4. The van der Waals surface area contributed by atoms with Gasteiger partial charge in [0.05, 0.1) is 9.82 Å². The molecule has 1 N–H and O–H groups in total. The largest absolute Gasteiger partial charge is 0.480 e. The van der Waals surface area contributed by atoms with E-state index in [1.807, 2.05) is 0 Å². The smallest absolute Gasteiger partial charge is 0.318 e. The Morgan fingerprint density at radius 3 is 2.65 bits per heavy atom. The Bertz CT molecular complexity index is 640. The molecule has 0 unspecified atom stereocenters. The normalized spacial score (nSPS) is 11.2. The lowest BCUT2D eigenvalue weighted by atomic mass is 10.3. The number of aliphatic carboxylic acids is 1. The number of carboxylic acid groups (broad SMARTS) is 1. The van der Waals surface area contributed by atoms with Crippen LogP contribution in [0.2, 0.25) is 0 Å². The number of nitro groups is 1. The molecule has 0 amide bonds. The highest BCUT2D eigenvalue weighted by molar-refractivity contribution is 7.89. The zero-order chi connectivity index (χ0) is 15.3. The molecule has 1 rings (SSSR count). The van der Waals surface area contributed by atoms with Crippen LogP contribution in [0, 0.1) is 10.1 Å². The highest BCUT2D eigenvalue weighted by Crippen LogP contribution is 2.20. The van der Waals surface area contributed by atoms with Crippen molar-refractivity contribution in [2.45, 2.75) is 4.90 Å². The van der Waals surface area contributed by atoms with Gasteiger partial charge in [-0.15, -0.1) is 6.58 Å². The van der Waals surface area contributed by atoms with Crippen molar-refractivity contribution in [3.05, 3.63) is 47.0 Å². The lowest BCUT2D eigenvalue weighted by Gasteiger charge is -2.18. The minimum atomic E-state index is -4.14. The molecule has 0 bridgehead atoms. The fourth-order valence-corrected chi connectivity index (χ4v) is 2.85. The summed E-state index contributed by atoms with van der Waals surface area (Å²) >= 11 is 0. The Morgan fingerprint density at radius 1 is 1.50 bits per heavy atom. The van der Waals surface area contributed by atoms with Crippen molar-refractivity contribution in [1.29, 1.82) is 0 Å². The van der Waals surface area contributed by atoms with Crippen LogP contribution in [0.5, 0.6) is 0 Å². The number of hydrogen-bond acceptors (Lipinski definition) is 5. The van der Waals surface area contributed by atoms with E-state index in [9.17, 15) is 23.3 Å². The first-order valence-corrected chi connectivity index (χ1v) is 6.80. The first-order valence-electron chi connectivity index (χ1n) is 5.36. The third kappa shape index (κ3) is 3.62. The molecule has 1 aromatic rings. The van der Waals surface area contributed by atoms with Crippen molar-refractivity contribution in [2.24, 2.45) is 0 Å². The van der Waals surface area contributed by atoms with Crippen LogP contribution in [0.25, 0.3) is 0 Å². The maximum Gasteiger partial charge on any atom is 0.318 e. The molecule has 1 aromatic carbocycles. The van der Waals surface area contributed by atoms with Crippen molar-refractivity contribution in [2.75, 3.05) is 13.1 Å². The second-order valence-electron chi connectivity index (χ2n) is 3.73. The summed E-state index contributed by atoms with van der Waals surface area (Å²) in [6, 6.07) is 4.42. The van der Waals surface area contributed by atoms with E-state index in [4.69, 9.17) is 5.11 Å². The van der Waals surface area contributed by atoms with Gasteiger partial charge in [-0.3, -0.25) is 14.9 Å². The van der Waals surface area contributed by atoms with Gasteiger partial charge in [0.1, 0.15) is 6.54 Å². The molecule has 0 spiro atoms. The van der Waals surface area contributed by atoms with Crippen LogP contribution in [-0.4, -0.2) is 41.8 Å². The monoisotopic (exact) mass is 300 g/mol. The van der Waals surface area contributed by atoms with E-state index in [-0.39, 0.29) is 17.1 Å². The third-order valence-electron chi connectivity index (χ3n) is 2.31. The van der Waals surface area contributed by atoms with Crippen LogP contribution in [-0.2, 0) is 14.8 Å². The third-order valence-corrected chi connectivity index (χ3v) is 4.12. The maximum atomic E-state index is 12.2. The average Bonchev–Trinajstić information content (AvgIpc) is 2.38. The fraction of sp³-hybridized carbons (Fsp3) is 0.182. The molecule has 108 valence electrons. The SMILES string of the molecule is C=CCN(CC(=O)O)S(=O)(=O)c1cccc([N+](=O)[O-])c1. The number of nitro benzene ring substituents is 1. The van der Waals surface area contributed by atoms with E-state index < -0.39 is 27.5 Å². The number of sulfonamides is 1. The van der Waals surface area contributed by atoms with Gasteiger partial charge in [-0.25, -0.2) is 8.42 Å². The van der Waals surface area contributed by atoms with E-state index in [1.54, 1.807) is 0 Å². The van der Waals surface area contributed by atoms with E-state index in [1.165, 1.54) is 18.2 Å². The van der Waals surface area contributed by atoms with Gasteiger partial charge < -0.3 is 5.11 Å². The van der Waals surface area contributed by atoms with Gasteiger partial charge in [-0.1, -0.05) is 12.1 Å². The van der Waals surface area contributed by atoms with Crippen molar-refractivity contribution < 1.29 is 23.2 Å². The Balaban J connectivity index is 3.25. The van der Waals surface area contributed by atoms with E-state index in [0.29, 0.717) is 4.31 Å². The predicted octanol–water partition coefficient (Wildman–Crippen LogP) is 0.856. The lowest BCUT2D eigenvalue weighted by molar-refractivity contribution is -0.385. The molecule has 0 saturated carbocycles. The number of benzene rings is 1. The number of carbonyl (C=O) groups is 1. The van der Waals surface area contributed by atoms with Gasteiger partial charge in [0, 0.05) is 18.7 Å². The molecule has 0 fully saturated rings. The predicted molar refractivity (Wildman–Crippen MR) is 69.7 cm³/mol. The molecule has 0 atom stereocenters. The standard InChI is InChI=1S/C11H12N2O6S/c1-2-6-12(8-11(14)15)20(18,19)10-5-3-4-9(7-10)13(16)17/h2-5,7H,1,6,8H2,(H,14,15). The molecule has 0 saturated heterocycles. The first kappa shape index (κ1) is 15.8. The van der Waals surface area contributed by atoms with Crippen LogP contribution < -0.4 is 0 Å². The quantitative estimate of drug-likeness (QED) is 0.453. The van der Waals surface area contributed by atoms with Crippen LogP contribution in [0.15, 0.2) is 41.8 Å². The lowest BCUT2D eigenvalue weighted by Crippen LogP contribution is -2.35. The average molecular weight is 300 g/mol. The van der Waals surface area contributed by atoms with E-state index in [2.05, 4.69) is 6.58 Å². The van der Waals surface area contributed by atoms with Gasteiger partial charge in [0.25, 0.3) is 5.69 Å². The molecular weight excluding hydrogens is 288 g/mol. The molecular formula is C11H12N2O6S. The number of hydrogen-bond donors (Lipinski definition) is 1. The molecule has 0 radical (unpaired) electrons. The number of nitrogens with zero attached hydrogens (tertiary/aromatic N) is 2. The summed E-state index contributed by atoms with van der Waals surface area (Å²) in [5.41, 5.74) is -0.389. The summed E-state index contributed by atoms with van der Waals surface area (Å²) < 4.78 is 25.1. The van der Waals surface area contributed by atoms with E-state index >= 15 is 0 Å².